The smallest absolute Gasteiger partial charge is 0.226 e. The van der Waals surface area contributed by atoms with Gasteiger partial charge in [0.2, 0.25) is 5.91 Å². The summed E-state index contributed by atoms with van der Waals surface area (Å²) in [5, 5.41) is 3.45. The van der Waals surface area contributed by atoms with Crippen molar-refractivity contribution in [3.8, 4) is 0 Å². The molecule has 0 radical (unpaired) electrons. The molecule has 0 unspecified atom stereocenters. The SMILES string of the molecule is COCCC(=O)Nc1ccc(Cl)cc1I. The zero-order chi connectivity index (χ0) is 11.3. The molecule has 0 fully saturated rings. The summed E-state index contributed by atoms with van der Waals surface area (Å²) in [5.74, 6) is -0.0583. The quantitative estimate of drug-likeness (QED) is 0.857. The van der Waals surface area contributed by atoms with Crippen LogP contribution in [0.5, 0.6) is 0 Å². The van der Waals surface area contributed by atoms with Crippen LogP contribution in [-0.2, 0) is 9.53 Å². The van der Waals surface area contributed by atoms with E-state index in [0.29, 0.717) is 18.1 Å². The normalized spacial score (nSPS) is 10.1. The lowest BCUT2D eigenvalue weighted by molar-refractivity contribution is -0.117. The molecule has 0 heterocycles. The Labute approximate surface area is 107 Å². The highest BCUT2D eigenvalue weighted by atomic mass is 127. The number of hydrogen-bond donors (Lipinski definition) is 1. The monoisotopic (exact) mass is 339 g/mol. The van der Waals surface area contributed by atoms with Gasteiger partial charge in [-0.15, -0.1) is 0 Å². The van der Waals surface area contributed by atoms with E-state index in [9.17, 15) is 4.79 Å². The van der Waals surface area contributed by atoms with Crippen molar-refractivity contribution in [2.75, 3.05) is 19.0 Å². The maximum absolute atomic E-state index is 11.4. The number of anilines is 1. The second-order valence-corrected chi connectivity index (χ2v) is 4.51. The molecule has 1 aromatic rings. The van der Waals surface area contributed by atoms with E-state index in [1.165, 1.54) is 0 Å². The molecule has 5 heteroatoms. The van der Waals surface area contributed by atoms with Crippen LogP contribution in [0, 0.1) is 3.57 Å². The lowest BCUT2D eigenvalue weighted by Crippen LogP contribution is -2.14. The van der Waals surface area contributed by atoms with Gasteiger partial charge in [0, 0.05) is 15.7 Å². The highest BCUT2D eigenvalue weighted by Gasteiger charge is 2.05. The van der Waals surface area contributed by atoms with Crippen LogP contribution >= 0.6 is 34.2 Å². The summed E-state index contributed by atoms with van der Waals surface area (Å²) in [4.78, 5) is 11.4. The topological polar surface area (TPSA) is 38.3 Å². The summed E-state index contributed by atoms with van der Waals surface area (Å²) in [5.41, 5.74) is 0.779. The lowest BCUT2D eigenvalue weighted by Gasteiger charge is -2.07. The van der Waals surface area contributed by atoms with Crippen molar-refractivity contribution >= 4 is 45.8 Å². The Balaban J connectivity index is 2.60. The Hall–Kier alpha value is -0.330. The molecule has 0 saturated heterocycles. The summed E-state index contributed by atoms with van der Waals surface area (Å²) < 4.78 is 5.74. The number of carbonyl (C=O) groups is 1. The Morgan fingerprint density at radius 3 is 2.93 bits per heavy atom. The number of methoxy groups -OCH3 is 1. The maximum Gasteiger partial charge on any atom is 0.226 e. The van der Waals surface area contributed by atoms with Gasteiger partial charge in [0.05, 0.1) is 18.7 Å². The molecule has 15 heavy (non-hydrogen) atoms. The molecule has 1 amide bonds. The number of hydrogen-bond acceptors (Lipinski definition) is 2. The van der Waals surface area contributed by atoms with Crippen LogP contribution in [0.1, 0.15) is 6.42 Å². The highest BCUT2D eigenvalue weighted by molar-refractivity contribution is 14.1. The van der Waals surface area contributed by atoms with Crippen molar-refractivity contribution in [1.82, 2.24) is 0 Å². The lowest BCUT2D eigenvalue weighted by atomic mass is 10.3. The van der Waals surface area contributed by atoms with Crippen LogP contribution in [-0.4, -0.2) is 19.6 Å². The fourth-order valence-electron chi connectivity index (χ4n) is 0.998. The highest BCUT2D eigenvalue weighted by Crippen LogP contribution is 2.22. The average molecular weight is 340 g/mol. The van der Waals surface area contributed by atoms with E-state index in [-0.39, 0.29) is 5.91 Å². The second kappa shape index (κ2) is 6.30. The molecule has 0 spiro atoms. The van der Waals surface area contributed by atoms with Crippen molar-refractivity contribution in [2.24, 2.45) is 0 Å². The molecule has 1 aromatic carbocycles. The van der Waals surface area contributed by atoms with Gasteiger partial charge in [-0.3, -0.25) is 4.79 Å². The van der Waals surface area contributed by atoms with Gasteiger partial charge in [-0.1, -0.05) is 11.6 Å². The molecule has 0 atom stereocenters. The van der Waals surface area contributed by atoms with Gasteiger partial charge in [0.15, 0.2) is 0 Å². The average Bonchev–Trinajstić information content (AvgIpc) is 2.19. The van der Waals surface area contributed by atoms with Gasteiger partial charge < -0.3 is 10.1 Å². The maximum atomic E-state index is 11.4. The van der Waals surface area contributed by atoms with Crippen LogP contribution < -0.4 is 5.32 Å². The summed E-state index contributed by atoms with van der Waals surface area (Å²) >= 11 is 7.93. The van der Waals surface area contributed by atoms with Gasteiger partial charge in [-0.2, -0.15) is 0 Å². The number of rotatable bonds is 4. The number of carbonyl (C=O) groups excluding carboxylic acids is 1. The molecule has 0 bridgehead atoms. The molecular weight excluding hydrogens is 328 g/mol. The van der Waals surface area contributed by atoms with Crippen LogP contribution in [0.3, 0.4) is 0 Å². The first-order valence-electron chi connectivity index (χ1n) is 4.37. The molecule has 0 aliphatic rings. The third-order valence-electron chi connectivity index (χ3n) is 1.74. The summed E-state index contributed by atoms with van der Waals surface area (Å²) in [6, 6.07) is 5.33. The van der Waals surface area contributed by atoms with E-state index in [4.69, 9.17) is 16.3 Å². The minimum absolute atomic E-state index is 0.0583. The Bertz CT molecular complexity index is 357. The predicted octanol–water partition coefficient (Wildman–Crippen LogP) is 2.92. The van der Waals surface area contributed by atoms with Gasteiger partial charge in [0.1, 0.15) is 0 Å². The fraction of sp³-hybridized carbons (Fsp3) is 0.300. The summed E-state index contributed by atoms with van der Waals surface area (Å²) in [6.07, 6.45) is 0.356. The first-order valence-corrected chi connectivity index (χ1v) is 5.83. The zero-order valence-corrected chi connectivity index (χ0v) is 11.1. The van der Waals surface area contributed by atoms with Crippen LogP contribution in [0.4, 0.5) is 5.69 Å². The van der Waals surface area contributed by atoms with Crippen molar-refractivity contribution in [3.05, 3.63) is 26.8 Å². The zero-order valence-electron chi connectivity index (χ0n) is 8.22. The van der Waals surface area contributed by atoms with Crippen LogP contribution in [0.2, 0.25) is 5.02 Å². The van der Waals surface area contributed by atoms with Crippen molar-refractivity contribution in [1.29, 1.82) is 0 Å². The minimum atomic E-state index is -0.0583. The molecule has 0 saturated carbocycles. The van der Waals surface area contributed by atoms with Gasteiger partial charge in [-0.25, -0.2) is 0 Å². The van der Waals surface area contributed by atoms with Crippen molar-refractivity contribution in [3.63, 3.8) is 0 Å². The van der Waals surface area contributed by atoms with Gasteiger partial charge in [-0.05, 0) is 40.8 Å². The molecule has 0 aromatic heterocycles. The molecular formula is C10H11ClINO2. The Morgan fingerprint density at radius 2 is 2.33 bits per heavy atom. The van der Waals surface area contributed by atoms with E-state index in [2.05, 4.69) is 27.9 Å². The van der Waals surface area contributed by atoms with E-state index in [1.807, 2.05) is 0 Å². The van der Waals surface area contributed by atoms with Crippen LogP contribution in [0.25, 0.3) is 0 Å². The third kappa shape index (κ3) is 4.36. The van der Waals surface area contributed by atoms with E-state index >= 15 is 0 Å². The molecule has 0 aliphatic carbocycles. The van der Waals surface area contributed by atoms with Crippen molar-refractivity contribution < 1.29 is 9.53 Å². The Morgan fingerprint density at radius 1 is 1.60 bits per heavy atom. The first-order chi connectivity index (χ1) is 7.13. The summed E-state index contributed by atoms with van der Waals surface area (Å²) in [7, 11) is 1.57. The predicted molar refractivity (Wildman–Crippen MR) is 69.3 cm³/mol. The number of benzene rings is 1. The number of nitrogens with one attached hydrogen (secondary N) is 1. The molecule has 82 valence electrons. The number of amides is 1. The van der Waals surface area contributed by atoms with E-state index in [0.717, 1.165) is 9.26 Å². The summed E-state index contributed by atoms with van der Waals surface area (Å²) in [6.45, 7) is 0.427. The third-order valence-corrected chi connectivity index (χ3v) is 2.87. The van der Waals surface area contributed by atoms with Gasteiger partial charge in [0.25, 0.3) is 0 Å². The second-order valence-electron chi connectivity index (χ2n) is 2.92. The largest absolute Gasteiger partial charge is 0.384 e. The fourth-order valence-corrected chi connectivity index (χ4v) is 2.00. The van der Waals surface area contributed by atoms with Crippen LogP contribution in [0.15, 0.2) is 18.2 Å². The molecule has 3 nitrogen and oxygen atoms in total. The number of halogens is 2. The minimum Gasteiger partial charge on any atom is -0.384 e. The van der Waals surface area contributed by atoms with E-state index < -0.39 is 0 Å². The van der Waals surface area contributed by atoms with Gasteiger partial charge >= 0.3 is 0 Å². The molecule has 1 rings (SSSR count). The van der Waals surface area contributed by atoms with Crippen molar-refractivity contribution in [2.45, 2.75) is 6.42 Å². The molecule has 0 aliphatic heterocycles. The Kier molecular flexibility index (Phi) is 5.35. The van der Waals surface area contributed by atoms with E-state index in [1.54, 1.807) is 25.3 Å². The first kappa shape index (κ1) is 12.7. The standard InChI is InChI=1S/C10H11ClINO2/c1-15-5-4-10(14)13-9-3-2-7(11)6-8(9)12/h2-3,6H,4-5H2,1H3,(H,13,14). The number of ether oxygens (including phenoxy) is 1. The molecule has 1 N–H and O–H groups in total.